The number of hydrogen-bond donors (Lipinski definition) is 0. The molecule has 0 saturated carbocycles. The maximum absolute atomic E-state index is 5.18. The van der Waals surface area contributed by atoms with Crippen molar-refractivity contribution >= 4 is 39.9 Å². The van der Waals surface area contributed by atoms with Crippen LogP contribution >= 0.6 is 16.9 Å². The van der Waals surface area contributed by atoms with Gasteiger partial charge in [-0.3, -0.25) is 0 Å². The van der Waals surface area contributed by atoms with Crippen LogP contribution < -0.4 is 0 Å². The summed E-state index contributed by atoms with van der Waals surface area (Å²) in [6.07, 6.45) is 0. The second-order valence-corrected chi connectivity index (χ2v) is 3.71. The Bertz CT molecular complexity index is 29.8. The molecule has 2 unspecified atom stereocenters. The van der Waals surface area contributed by atoms with Gasteiger partial charge in [-0.1, -0.05) is 5.30 Å². The summed E-state index contributed by atoms with van der Waals surface area (Å²) >= 11 is 0. The van der Waals surface area contributed by atoms with Crippen molar-refractivity contribution in [3.63, 3.8) is 0 Å². The fraction of sp³-hybridized carbons (Fsp3) is 1.00. The minimum atomic E-state index is -0.919. The predicted octanol–water partition coefficient (Wildman–Crippen LogP) is -0.0375. The molecule has 0 saturated heterocycles. The smallest absolute Gasteiger partial charge is 0.0945 e. The van der Waals surface area contributed by atoms with E-state index >= 15 is 0 Å². The van der Waals surface area contributed by atoms with Gasteiger partial charge < -0.3 is 0 Å². The average molecular weight is 109 g/mol. The van der Waals surface area contributed by atoms with E-state index in [1.54, 1.807) is 0 Å². The third-order valence-corrected chi connectivity index (χ3v) is 2.07. The Morgan fingerprint density at radius 3 is 1.67 bits per heavy atom. The molecule has 0 aromatic rings. The highest BCUT2D eigenvalue weighted by molar-refractivity contribution is 8.05. The molecular weight excluding hydrogens is 106 g/mol. The summed E-state index contributed by atoms with van der Waals surface area (Å²) in [5, 5.41) is -0.111. The molecule has 26 valence electrons. The molecule has 0 rings (SSSR count). The zero-order chi connectivity index (χ0) is 5.15. The van der Waals surface area contributed by atoms with Crippen molar-refractivity contribution in [2.45, 2.75) is 5.30 Å². The third kappa shape index (κ3) is 3.25. The monoisotopic (exact) mass is 110 g/mol. The first-order valence-electron chi connectivity index (χ1n) is 1.44. The van der Waals surface area contributed by atoms with Crippen molar-refractivity contribution < 1.29 is 0 Å². The summed E-state index contributed by atoms with van der Waals surface area (Å²) in [5.41, 5.74) is 0. The van der Waals surface area contributed by atoms with Gasteiger partial charge in [0.25, 0.3) is 0 Å². The summed E-state index contributed by atoms with van der Waals surface area (Å²) in [4.78, 5) is 0. The normalized spacial score (nSPS) is 15.0. The van der Waals surface area contributed by atoms with Gasteiger partial charge in [0.05, 0.1) is 23.0 Å². The van der Waals surface area contributed by atoms with Gasteiger partial charge in [-0.25, -0.2) is 7.68 Å². The lowest BCUT2D eigenvalue weighted by atomic mass is 10.2. The van der Waals surface area contributed by atoms with Gasteiger partial charge in [0.1, 0.15) is 0 Å². The SMILES string of the molecule is [B]C(P)P([B])[B]. The van der Waals surface area contributed by atoms with Crippen LogP contribution in [-0.2, 0) is 0 Å². The standard InChI is InChI=1S/CH3B3P2/c2-1(5)6(3)4/h1H,5H2. The maximum Gasteiger partial charge on any atom is 0.0945 e. The van der Waals surface area contributed by atoms with Gasteiger partial charge >= 0.3 is 0 Å². The number of hydrogen-bond acceptors (Lipinski definition) is 0. The fourth-order valence-corrected chi connectivity index (χ4v) is 0. The molecule has 6 radical (unpaired) electrons. The van der Waals surface area contributed by atoms with E-state index in [-0.39, 0.29) is 5.30 Å². The van der Waals surface area contributed by atoms with Crippen LogP contribution in [0.2, 0.25) is 0 Å². The second-order valence-electron chi connectivity index (χ2n) is 0.938. The van der Waals surface area contributed by atoms with Crippen LogP contribution in [0.4, 0.5) is 0 Å². The Balaban J connectivity index is 2.99. The Labute approximate surface area is 45.9 Å². The predicted molar refractivity (Wildman–Crippen MR) is 37.7 cm³/mol. The molecule has 2 atom stereocenters. The van der Waals surface area contributed by atoms with Crippen LogP contribution in [0.5, 0.6) is 0 Å². The first-order chi connectivity index (χ1) is 2.64. The lowest BCUT2D eigenvalue weighted by Crippen LogP contribution is -1.91. The molecule has 0 bridgehead atoms. The fourth-order valence-electron chi connectivity index (χ4n) is 0. The Kier molecular flexibility index (Phi) is 3.65. The third-order valence-electron chi connectivity index (χ3n) is 0.344. The molecule has 0 aromatic carbocycles. The Morgan fingerprint density at radius 1 is 1.50 bits per heavy atom. The van der Waals surface area contributed by atoms with Crippen molar-refractivity contribution in [1.82, 2.24) is 0 Å². The molecule has 0 heterocycles. The second kappa shape index (κ2) is 3.11. The average Bonchev–Trinajstić information content (AvgIpc) is 1.36. The van der Waals surface area contributed by atoms with Gasteiger partial charge in [0.2, 0.25) is 0 Å². The summed E-state index contributed by atoms with van der Waals surface area (Å²) < 4.78 is 0. The lowest BCUT2D eigenvalue weighted by molar-refractivity contribution is 2.03. The lowest BCUT2D eigenvalue weighted by Gasteiger charge is -2.08. The molecule has 5 heteroatoms. The van der Waals surface area contributed by atoms with E-state index in [2.05, 4.69) is 9.24 Å². The van der Waals surface area contributed by atoms with Gasteiger partial charge in [-0.2, -0.15) is 0 Å². The Hall–Kier alpha value is 1.05. The summed E-state index contributed by atoms with van der Waals surface area (Å²) in [6, 6.07) is 0. The summed E-state index contributed by atoms with van der Waals surface area (Å²) in [7, 11) is 16.9. The van der Waals surface area contributed by atoms with E-state index in [4.69, 9.17) is 23.0 Å². The van der Waals surface area contributed by atoms with Crippen molar-refractivity contribution in [3.05, 3.63) is 0 Å². The number of rotatable bonds is 1. The molecule has 0 aliphatic carbocycles. The molecule has 6 heavy (non-hydrogen) atoms. The minimum Gasteiger partial charge on any atom is -0.205 e. The van der Waals surface area contributed by atoms with Crippen LogP contribution in [0.1, 0.15) is 0 Å². The van der Waals surface area contributed by atoms with Crippen LogP contribution in [0.25, 0.3) is 0 Å². The van der Waals surface area contributed by atoms with E-state index < -0.39 is 7.68 Å². The molecule has 0 amide bonds. The van der Waals surface area contributed by atoms with Crippen LogP contribution in [-0.4, -0.2) is 28.3 Å². The van der Waals surface area contributed by atoms with Gasteiger partial charge in [0, 0.05) is 0 Å². The van der Waals surface area contributed by atoms with E-state index in [0.29, 0.717) is 0 Å². The van der Waals surface area contributed by atoms with Crippen molar-refractivity contribution in [2.24, 2.45) is 0 Å². The summed E-state index contributed by atoms with van der Waals surface area (Å²) in [5.74, 6) is 0. The molecular formula is CH3B3P2. The molecule has 0 N–H and O–H groups in total. The van der Waals surface area contributed by atoms with E-state index in [0.717, 1.165) is 0 Å². The molecule has 0 spiro atoms. The van der Waals surface area contributed by atoms with Crippen molar-refractivity contribution in [3.8, 4) is 0 Å². The highest BCUT2D eigenvalue weighted by Crippen LogP contribution is 2.30. The van der Waals surface area contributed by atoms with Crippen LogP contribution in [0.15, 0.2) is 0 Å². The molecule has 0 fully saturated rings. The highest BCUT2D eigenvalue weighted by Gasteiger charge is 1.93. The first-order valence-corrected chi connectivity index (χ1v) is 3.66. The van der Waals surface area contributed by atoms with Crippen molar-refractivity contribution in [2.75, 3.05) is 0 Å². The zero-order valence-corrected chi connectivity index (χ0v) is 5.38. The van der Waals surface area contributed by atoms with Gasteiger partial charge in [-0.05, 0) is 0 Å². The Morgan fingerprint density at radius 2 is 1.67 bits per heavy atom. The molecule has 0 nitrogen and oxygen atoms in total. The van der Waals surface area contributed by atoms with Gasteiger partial charge in [0.15, 0.2) is 0 Å². The van der Waals surface area contributed by atoms with Crippen LogP contribution in [0.3, 0.4) is 0 Å². The highest BCUT2D eigenvalue weighted by atomic mass is 31.1. The zero-order valence-electron chi connectivity index (χ0n) is 3.33. The van der Waals surface area contributed by atoms with E-state index in [1.165, 1.54) is 0 Å². The molecule has 0 aliphatic heterocycles. The molecule has 0 aliphatic rings. The van der Waals surface area contributed by atoms with E-state index in [1.807, 2.05) is 0 Å². The summed E-state index contributed by atoms with van der Waals surface area (Å²) in [6.45, 7) is 0. The van der Waals surface area contributed by atoms with Gasteiger partial charge in [-0.15, -0.1) is 9.24 Å². The van der Waals surface area contributed by atoms with Crippen molar-refractivity contribution in [1.29, 1.82) is 0 Å². The van der Waals surface area contributed by atoms with Crippen LogP contribution in [0, 0.1) is 0 Å². The maximum atomic E-state index is 5.18. The molecule has 0 aromatic heterocycles. The largest absolute Gasteiger partial charge is 0.205 e. The topological polar surface area (TPSA) is 0 Å². The first kappa shape index (κ1) is 7.05. The minimum absolute atomic E-state index is 0.111. The van der Waals surface area contributed by atoms with E-state index in [9.17, 15) is 0 Å². The quantitative estimate of drug-likeness (QED) is 0.328.